The van der Waals surface area contributed by atoms with Crippen molar-refractivity contribution in [2.24, 2.45) is 4.70 Å². The molecule has 0 unspecified atom stereocenters. The van der Waals surface area contributed by atoms with Gasteiger partial charge in [-0.2, -0.15) is 0 Å². The number of nitrogens with zero attached hydrogens (tertiary/aromatic N) is 1. The van der Waals surface area contributed by atoms with Gasteiger partial charge in [-0.25, -0.2) is 0 Å². The normalized spacial score (nSPS) is 3.25. The van der Waals surface area contributed by atoms with Gasteiger partial charge in [0.1, 0.15) is 0 Å². The summed E-state index contributed by atoms with van der Waals surface area (Å²) in [4.78, 5) is 8.32. The van der Waals surface area contributed by atoms with Crippen molar-refractivity contribution in [2.45, 2.75) is 0 Å². The standard InChI is InChI=1S/ClNO.Ru/c1-2-3;/q;+4. The predicted octanol–water partition coefficient (Wildman–Crippen LogP) is 0.904. The molecule has 0 bridgehead atoms. The average Bonchev–Trinajstić information content (AvgIpc) is 0.918. The van der Waals surface area contributed by atoms with Gasteiger partial charge >= 0.3 is 19.5 Å². The molecule has 0 aromatic carbocycles. The Morgan fingerprint density at radius 2 is 1.75 bits per heavy atom. The molecular weight excluding hydrogens is 167 g/mol. The molecule has 2 nitrogen and oxygen atoms in total. The second kappa shape index (κ2) is 9.69. The molecule has 0 N–H and O–H groups in total. The molecule has 22 valence electrons. The van der Waals surface area contributed by atoms with Crippen LogP contribution in [0.2, 0.25) is 0 Å². The van der Waals surface area contributed by atoms with Crippen LogP contribution in [0.4, 0.5) is 0 Å². The van der Waals surface area contributed by atoms with E-state index in [1.54, 1.807) is 4.70 Å². The molecule has 0 atom stereocenters. The third-order valence-electron chi connectivity index (χ3n) is 0. The molecule has 0 aromatic heterocycles. The summed E-state index contributed by atoms with van der Waals surface area (Å²) in [6, 6.07) is 0. The first-order valence-corrected chi connectivity index (χ1v) is 0.690. The van der Waals surface area contributed by atoms with Crippen molar-refractivity contribution >= 4 is 11.8 Å². The van der Waals surface area contributed by atoms with E-state index >= 15 is 0 Å². The summed E-state index contributed by atoms with van der Waals surface area (Å²) in [6.45, 7) is 0. The van der Waals surface area contributed by atoms with Crippen molar-refractivity contribution in [3.8, 4) is 0 Å². The fourth-order valence-corrected chi connectivity index (χ4v) is 0. The molecule has 0 aliphatic heterocycles. The summed E-state index contributed by atoms with van der Waals surface area (Å²) < 4.78 is 1.72. The van der Waals surface area contributed by atoms with E-state index in [1.807, 2.05) is 0 Å². The summed E-state index contributed by atoms with van der Waals surface area (Å²) in [7, 11) is 0. The van der Waals surface area contributed by atoms with Crippen molar-refractivity contribution in [3.05, 3.63) is 4.91 Å². The number of hydrogen-bond acceptors (Lipinski definition) is 2. The van der Waals surface area contributed by atoms with Crippen molar-refractivity contribution < 1.29 is 19.5 Å². The SMILES string of the molecule is O=NCl.[Ru+4]. The largest absolute Gasteiger partial charge is 4.00 e. The van der Waals surface area contributed by atoms with Gasteiger partial charge in [0.25, 0.3) is 0 Å². The van der Waals surface area contributed by atoms with Crippen LogP contribution in [0.5, 0.6) is 0 Å². The van der Waals surface area contributed by atoms with Crippen molar-refractivity contribution in [1.82, 2.24) is 0 Å². The Labute approximate surface area is 41.4 Å². The van der Waals surface area contributed by atoms with Gasteiger partial charge in [-0.15, -0.1) is 4.91 Å². The maximum absolute atomic E-state index is 8.32. The minimum Gasteiger partial charge on any atom is -0.131 e. The van der Waals surface area contributed by atoms with Gasteiger partial charge in [-0.3, -0.25) is 0 Å². The number of halogens is 1. The van der Waals surface area contributed by atoms with Gasteiger partial charge in [0, 0.05) is 4.70 Å². The summed E-state index contributed by atoms with van der Waals surface area (Å²) in [5.41, 5.74) is 0. The van der Waals surface area contributed by atoms with E-state index in [1.165, 1.54) is 0 Å². The van der Waals surface area contributed by atoms with Crippen LogP contribution in [0, 0.1) is 4.91 Å². The van der Waals surface area contributed by atoms with Crippen molar-refractivity contribution in [2.75, 3.05) is 0 Å². The average molecular weight is 167 g/mol. The van der Waals surface area contributed by atoms with Crippen molar-refractivity contribution in [3.63, 3.8) is 0 Å². The monoisotopic (exact) mass is 167 g/mol. The molecule has 4 heteroatoms. The van der Waals surface area contributed by atoms with Gasteiger partial charge in [-0.1, -0.05) is 0 Å². The molecule has 0 radical (unpaired) electrons. The molecular formula is ClNORu+4. The maximum Gasteiger partial charge on any atom is 4.00 e. The molecule has 0 aromatic rings. The zero-order valence-corrected chi connectivity index (χ0v) is 4.08. The Morgan fingerprint density at radius 1 is 1.75 bits per heavy atom. The third-order valence-corrected chi connectivity index (χ3v) is 0. The van der Waals surface area contributed by atoms with E-state index < -0.39 is 0 Å². The number of rotatable bonds is 0. The van der Waals surface area contributed by atoms with Gasteiger partial charge in [-0.05, 0) is 0 Å². The van der Waals surface area contributed by atoms with Crippen LogP contribution in [0.15, 0.2) is 4.70 Å². The molecule has 0 spiro atoms. The second-order valence-electron chi connectivity index (χ2n) is 0.0690. The Morgan fingerprint density at radius 3 is 1.75 bits per heavy atom. The van der Waals surface area contributed by atoms with E-state index in [-0.39, 0.29) is 19.5 Å². The molecule has 4 heavy (non-hydrogen) atoms. The smallest absolute Gasteiger partial charge is 0.131 e. The number of hydrogen-bond donors (Lipinski definition) is 0. The zero-order valence-electron chi connectivity index (χ0n) is 1.59. The van der Waals surface area contributed by atoms with Crippen LogP contribution in [0.1, 0.15) is 0 Å². The quantitative estimate of drug-likeness (QED) is 0.388. The van der Waals surface area contributed by atoms with Gasteiger partial charge in [0.15, 0.2) is 0 Å². The molecule has 0 heterocycles. The Bertz CT molecular complexity index is 15.5. The summed E-state index contributed by atoms with van der Waals surface area (Å²) in [5, 5.41) is 0. The van der Waals surface area contributed by atoms with E-state index in [0.29, 0.717) is 0 Å². The molecule has 0 aliphatic carbocycles. The summed E-state index contributed by atoms with van der Waals surface area (Å²) in [6.07, 6.45) is 0. The Balaban J connectivity index is 0. The topological polar surface area (TPSA) is 29.4 Å². The van der Waals surface area contributed by atoms with E-state index in [2.05, 4.69) is 11.8 Å². The molecule has 0 rings (SSSR count). The predicted molar refractivity (Wildman–Crippen MR) is 11.6 cm³/mol. The first-order chi connectivity index (χ1) is 1.41. The third kappa shape index (κ3) is 21.8. The van der Waals surface area contributed by atoms with Crippen LogP contribution in [-0.2, 0) is 19.5 Å². The molecule has 0 saturated heterocycles. The van der Waals surface area contributed by atoms with Crippen molar-refractivity contribution in [1.29, 1.82) is 0 Å². The molecule has 0 amide bonds. The zero-order chi connectivity index (χ0) is 2.71. The first-order valence-electron chi connectivity index (χ1n) is 0.352. The second-order valence-corrected chi connectivity index (χ2v) is 0.207. The van der Waals surface area contributed by atoms with E-state index in [0.717, 1.165) is 0 Å². The Hall–Kier alpha value is 0.513. The van der Waals surface area contributed by atoms with E-state index in [4.69, 9.17) is 4.91 Å². The van der Waals surface area contributed by atoms with Gasteiger partial charge in [0.2, 0.25) is 0 Å². The minimum absolute atomic E-state index is 0. The Kier molecular flexibility index (Phi) is 21.4. The van der Waals surface area contributed by atoms with Gasteiger partial charge in [0.05, 0.1) is 11.8 Å². The van der Waals surface area contributed by atoms with E-state index in [9.17, 15) is 0 Å². The maximum atomic E-state index is 8.32. The first kappa shape index (κ1) is 8.82. The van der Waals surface area contributed by atoms with Crippen LogP contribution in [0.25, 0.3) is 0 Å². The van der Waals surface area contributed by atoms with Crippen LogP contribution in [-0.4, -0.2) is 0 Å². The van der Waals surface area contributed by atoms with Crippen LogP contribution in [0.3, 0.4) is 0 Å². The fraction of sp³-hybridized carbons (Fsp3) is 0. The summed E-state index contributed by atoms with van der Waals surface area (Å²) >= 11 is 4.07. The summed E-state index contributed by atoms with van der Waals surface area (Å²) in [5.74, 6) is 0. The fourth-order valence-electron chi connectivity index (χ4n) is 0. The molecule has 0 fully saturated rings. The molecule has 0 saturated carbocycles. The number of nitroso groups, excluding NO2 is 1. The minimum atomic E-state index is 0. The van der Waals surface area contributed by atoms with Crippen LogP contribution >= 0.6 is 11.8 Å². The van der Waals surface area contributed by atoms with Gasteiger partial charge < -0.3 is 0 Å². The molecule has 0 aliphatic rings. The van der Waals surface area contributed by atoms with Crippen LogP contribution < -0.4 is 0 Å².